The summed E-state index contributed by atoms with van der Waals surface area (Å²) in [5, 5.41) is 1.55. The van der Waals surface area contributed by atoms with Gasteiger partial charge in [-0.2, -0.15) is 13.2 Å². The summed E-state index contributed by atoms with van der Waals surface area (Å²) < 4.78 is 43.2. The Bertz CT molecular complexity index is 595. The molecule has 2 aromatic rings. The summed E-state index contributed by atoms with van der Waals surface area (Å²) in [6.45, 7) is 2.17. The lowest BCUT2D eigenvalue weighted by Gasteiger charge is -2.20. The van der Waals surface area contributed by atoms with Crippen LogP contribution in [-0.4, -0.2) is 12.8 Å². The third-order valence-electron chi connectivity index (χ3n) is 3.05. The van der Waals surface area contributed by atoms with Gasteiger partial charge in [0.15, 0.2) is 0 Å². The van der Waals surface area contributed by atoms with Crippen molar-refractivity contribution in [2.75, 3.05) is 6.61 Å². The van der Waals surface area contributed by atoms with Crippen molar-refractivity contribution in [3.8, 4) is 5.75 Å². The number of alkyl halides is 3. The highest BCUT2D eigenvalue weighted by molar-refractivity contribution is 5.88. The first-order valence-electron chi connectivity index (χ1n) is 6.39. The van der Waals surface area contributed by atoms with Crippen LogP contribution in [0.15, 0.2) is 36.4 Å². The molecule has 0 spiro atoms. The van der Waals surface area contributed by atoms with Crippen molar-refractivity contribution >= 4 is 10.8 Å². The zero-order chi connectivity index (χ0) is 14.8. The predicted octanol–water partition coefficient (Wildman–Crippen LogP) is 4.19. The molecule has 0 aliphatic rings. The number of halogens is 3. The molecule has 108 valence electrons. The van der Waals surface area contributed by atoms with Gasteiger partial charge < -0.3 is 10.5 Å². The number of benzene rings is 2. The molecule has 2 rings (SSSR count). The molecule has 0 saturated carbocycles. The van der Waals surface area contributed by atoms with Crippen molar-refractivity contribution in [1.82, 2.24) is 0 Å². The van der Waals surface area contributed by atoms with E-state index in [-0.39, 0.29) is 0 Å². The number of fused-ring (bicyclic) bond motifs is 1. The van der Waals surface area contributed by atoms with E-state index in [0.29, 0.717) is 23.3 Å². The molecular weight excluding hydrogens is 267 g/mol. The number of hydrogen-bond donors (Lipinski definition) is 1. The molecule has 2 nitrogen and oxygen atoms in total. The van der Waals surface area contributed by atoms with Crippen molar-refractivity contribution in [3.63, 3.8) is 0 Å². The maximum Gasteiger partial charge on any atom is 0.390 e. The van der Waals surface area contributed by atoms with Crippen molar-refractivity contribution in [2.24, 2.45) is 5.73 Å². The maximum absolute atomic E-state index is 12.6. The SMILES string of the molecule is CCOc1ccc2ccccc2c1[C@H](N)CC(F)(F)F. The van der Waals surface area contributed by atoms with Gasteiger partial charge in [-0.25, -0.2) is 0 Å². The summed E-state index contributed by atoms with van der Waals surface area (Å²) in [7, 11) is 0. The van der Waals surface area contributed by atoms with Crippen LogP contribution in [0.2, 0.25) is 0 Å². The van der Waals surface area contributed by atoms with E-state index in [9.17, 15) is 13.2 Å². The van der Waals surface area contributed by atoms with Crippen molar-refractivity contribution in [1.29, 1.82) is 0 Å². The molecular formula is C15H16F3NO. The van der Waals surface area contributed by atoms with E-state index >= 15 is 0 Å². The molecule has 0 heterocycles. The summed E-state index contributed by atoms with van der Waals surface area (Å²) in [5.74, 6) is 0.419. The topological polar surface area (TPSA) is 35.2 Å². The predicted molar refractivity (Wildman–Crippen MR) is 72.7 cm³/mol. The molecule has 2 aromatic carbocycles. The average molecular weight is 283 g/mol. The zero-order valence-electron chi connectivity index (χ0n) is 11.1. The normalized spacial score (nSPS) is 13.4. The summed E-state index contributed by atoms with van der Waals surface area (Å²) >= 11 is 0. The molecule has 0 unspecified atom stereocenters. The minimum absolute atomic E-state index is 0.379. The second-order valence-corrected chi connectivity index (χ2v) is 4.56. The fourth-order valence-electron chi connectivity index (χ4n) is 2.29. The van der Waals surface area contributed by atoms with Gasteiger partial charge >= 0.3 is 6.18 Å². The van der Waals surface area contributed by atoms with Gasteiger partial charge in [-0.05, 0) is 23.8 Å². The van der Waals surface area contributed by atoms with Crippen LogP contribution in [0.4, 0.5) is 13.2 Å². The van der Waals surface area contributed by atoms with Crippen molar-refractivity contribution in [2.45, 2.75) is 25.6 Å². The first-order valence-corrected chi connectivity index (χ1v) is 6.39. The van der Waals surface area contributed by atoms with Crippen LogP contribution in [0.5, 0.6) is 5.75 Å². The van der Waals surface area contributed by atoms with E-state index in [0.717, 1.165) is 5.39 Å². The van der Waals surface area contributed by atoms with Crippen molar-refractivity contribution < 1.29 is 17.9 Å². The molecule has 0 aliphatic heterocycles. The van der Waals surface area contributed by atoms with E-state index in [4.69, 9.17) is 10.5 Å². The van der Waals surface area contributed by atoms with Gasteiger partial charge in [0, 0.05) is 11.6 Å². The Balaban J connectivity index is 2.54. The molecule has 5 heteroatoms. The number of nitrogens with two attached hydrogens (primary N) is 1. The van der Waals surface area contributed by atoms with Crippen LogP contribution < -0.4 is 10.5 Å². The quantitative estimate of drug-likeness (QED) is 0.913. The molecule has 20 heavy (non-hydrogen) atoms. The van der Waals surface area contributed by atoms with Crippen LogP contribution in [0.1, 0.15) is 24.9 Å². The largest absolute Gasteiger partial charge is 0.494 e. The highest BCUT2D eigenvalue weighted by atomic mass is 19.4. The zero-order valence-corrected chi connectivity index (χ0v) is 11.1. The molecule has 0 saturated heterocycles. The van der Waals surface area contributed by atoms with Gasteiger partial charge in [-0.15, -0.1) is 0 Å². The van der Waals surface area contributed by atoms with Crippen LogP contribution in [0.3, 0.4) is 0 Å². The standard InChI is InChI=1S/C15H16F3NO/c1-2-20-13-8-7-10-5-3-4-6-11(10)14(13)12(19)9-15(16,17)18/h3-8,12H,2,9,19H2,1H3/t12-/m1/s1. The smallest absolute Gasteiger partial charge is 0.390 e. The summed E-state index contributed by atoms with van der Waals surface area (Å²) in [4.78, 5) is 0. The summed E-state index contributed by atoms with van der Waals surface area (Å²) in [6, 6.07) is 9.59. The Morgan fingerprint density at radius 2 is 1.85 bits per heavy atom. The molecule has 0 aliphatic carbocycles. The number of hydrogen-bond acceptors (Lipinski definition) is 2. The van der Waals surface area contributed by atoms with Gasteiger partial charge in [-0.1, -0.05) is 30.3 Å². The molecule has 0 fully saturated rings. The van der Waals surface area contributed by atoms with Gasteiger partial charge in [0.1, 0.15) is 5.75 Å². The van der Waals surface area contributed by atoms with Gasteiger partial charge in [0.25, 0.3) is 0 Å². The van der Waals surface area contributed by atoms with Gasteiger partial charge in [-0.3, -0.25) is 0 Å². The van der Waals surface area contributed by atoms with Crippen LogP contribution >= 0.6 is 0 Å². The fourth-order valence-corrected chi connectivity index (χ4v) is 2.29. The van der Waals surface area contributed by atoms with Crippen LogP contribution in [0, 0.1) is 0 Å². The first-order chi connectivity index (χ1) is 9.42. The van der Waals surface area contributed by atoms with E-state index in [2.05, 4.69) is 0 Å². The third kappa shape index (κ3) is 3.22. The second kappa shape index (κ2) is 5.71. The molecule has 0 radical (unpaired) electrons. The lowest BCUT2D eigenvalue weighted by atomic mass is 9.96. The Labute approximate surface area is 115 Å². The van der Waals surface area contributed by atoms with Crippen molar-refractivity contribution in [3.05, 3.63) is 42.0 Å². The van der Waals surface area contributed by atoms with Crippen LogP contribution in [-0.2, 0) is 0 Å². The highest BCUT2D eigenvalue weighted by Crippen LogP contribution is 2.37. The Kier molecular flexibility index (Phi) is 4.18. The maximum atomic E-state index is 12.6. The molecule has 0 amide bonds. The van der Waals surface area contributed by atoms with Gasteiger partial charge in [0.2, 0.25) is 0 Å². The second-order valence-electron chi connectivity index (χ2n) is 4.56. The Hall–Kier alpha value is -1.75. The van der Waals surface area contributed by atoms with E-state index in [1.165, 1.54) is 0 Å². The van der Waals surface area contributed by atoms with Gasteiger partial charge in [0.05, 0.1) is 13.0 Å². The number of rotatable bonds is 4. The molecule has 1 atom stereocenters. The van der Waals surface area contributed by atoms with E-state index < -0.39 is 18.6 Å². The number of ether oxygens (including phenoxy) is 1. The lowest BCUT2D eigenvalue weighted by Crippen LogP contribution is -2.21. The first kappa shape index (κ1) is 14.7. The Morgan fingerprint density at radius 3 is 2.50 bits per heavy atom. The van der Waals surface area contributed by atoms with E-state index in [1.807, 2.05) is 18.2 Å². The average Bonchev–Trinajstić information content (AvgIpc) is 2.36. The molecule has 0 aromatic heterocycles. The summed E-state index contributed by atoms with van der Waals surface area (Å²) in [6.07, 6.45) is -5.37. The minimum Gasteiger partial charge on any atom is -0.494 e. The Morgan fingerprint density at radius 1 is 1.15 bits per heavy atom. The monoisotopic (exact) mass is 283 g/mol. The fraction of sp³-hybridized carbons (Fsp3) is 0.333. The summed E-state index contributed by atoms with van der Waals surface area (Å²) in [5.41, 5.74) is 6.20. The van der Waals surface area contributed by atoms with Crippen LogP contribution in [0.25, 0.3) is 10.8 Å². The lowest BCUT2D eigenvalue weighted by molar-refractivity contribution is -0.138. The third-order valence-corrected chi connectivity index (χ3v) is 3.05. The highest BCUT2D eigenvalue weighted by Gasteiger charge is 2.32. The van der Waals surface area contributed by atoms with E-state index in [1.54, 1.807) is 25.1 Å². The molecule has 2 N–H and O–H groups in total. The minimum atomic E-state index is -4.31. The molecule has 0 bridgehead atoms.